The van der Waals surface area contributed by atoms with Crippen LogP contribution in [0.3, 0.4) is 0 Å². The fourth-order valence-electron chi connectivity index (χ4n) is 1.76. The van der Waals surface area contributed by atoms with E-state index < -0.39 is 34.0 Å². The summed E-state index contributed by atoms with van der Waals surface area (Å²) in [5, 5.41) is 12.2. The van der Waals surface area contributed by atoms with Crippen molar-refractivity contribution in [2.45, 2.75) is 13.0 Å². The molecule has 0 spiro atoms. The largest absolute Gasteiger partial charge is 0.394 e. The Labute approximate surface area is 139 Å². The number of H-pyrrole nitrogens is 2. The average molecular weight is 361 g/mol. The van der Waals surface area contributed by atoms with Crippen LogP contribution in [-0.4, -0.2) is 54.9 Å². The number of aliphatic hydroxyl groups is 1. The third-order valence-electron chi connectivity index (χ3n) is 2.78. The van der Waals surface area contributed by atoms with Crippen LogP contribution >= 0.6 is 11.8 Å². The van der Waals surface area contributed by atoms with Gasteiger partial charge in [-0.05, 0) is 19.3 Å². The lowest BCUT2D eigenvalue weighted by Crippen LogP contribution is -2.40. The van der Waals surface area contributed by atoms with Crippen LogP contribution < -0.4 is 16.6 Å². The lowest BCUT2D eigenvalue weighted by atomic mass is 10.2. The van der Waals surface area contributed by atoms with E-state index in [-0.39, 0.29) is 17.9 Å². The molecule has 0 fully saturated rings. The zero-order valence-electron chi connectivity index (χ0n) is 12.8. The van der Waals surface area contributed by atoms with Crippen LogP contribution in [0.4, 0.5) is 0 Å². The minimum absolute atomic E-state index is 0.148. The van der Waals surface area contributed by atoms with E-state index in [9.17, 15) is 23.7 Å². The zero-order chi connectivity index (χ0) is 17.4. The van der Waals surface area contributed by atoms with Crippen molar-refractivity contribution >= 4 is 34.5 Å². The number of hydrogen-bond donors (Lipinski definition) is 4. The SMILES string of the molecule is CSC[S@@](=O)C[C@H](CO)NC(=O)/C=C/c1c(C)[nH]c(=O)[nH]c1=O. The van der Waals surface area contributed by atoms with Crippen molar-refractivity contribution < 1.29 is 14.1 Å². The molecule has 1 rings (SSSR count). The van der Waals surface area contributed by atoms with E-state index in [0.29, 0.717) is 10.8 Å². The number of aliphatic hydroxyl groups excluding tert-OH is 1. The molecule has 8 nitrogen and oxygen atoms in total. The van der Waals surface area contributed by atoms with Gasteiger partial charge in [-0.25, -0.2) is 4.79 Å². The summed E-state index contributed by atoms with van der Waals surface area (Å²) in [6.45, 7) is 1.20. The fourth-order valence-corrected chi connectivity index (χ4v) is 3.84. The zero-order valence-corrected chi connectivity index (χ0v) is 14.4. The summed E-state index contributed by atoms with van der Waals surface area (Å²) in [5.74, 6) is -0.384. The van der Waals surface area contributed by atoms with Crippen molar-refractivity contribution in [2.24, 2.45) is 0 Å². The molecule has 0 aromatic carbocycles. The Bertz CT molecular complexity index is 710. The van der Waals surface area contributed by atoms with Crippen molar-refractivity contribution in [2.75, 3.05) is 23.7 Å². The highest BCUT2D eigenvalue weighted by atomic mass is 32.2. The quantitative estimate of drug-likeness (QED) is 0.436. The number of amides is 1. The van der Waals surface area contributed by atoms with E-state index in [1.54, 1.807) is 0 Å². The van der Waals surface area contributed by atoms with Crippen LogP contribution in [0.1, 0.15) is 11.3 Å². The van der Waals surface area contributed by atoms with Crippen LogP contribution in [0, 0.1) is 6.92 Å². The highest BCUT2D eigenvalue weighted by molar-refractivity contribution is 8.09. The minimum Gasteiger partial charge on any atom is -0.394 e. The number of carbonyl (C=O) groups is 1. The molecule has 23 heavy (non-hydrogen) atoms. The Kier molecular flexibility index (Phi) is 8.00. The Morgan fingerprint density at radius 2 is 2.13 bits per heavy atom. The highest BCUT2D eigenvalue weighted by Crippen LogP contribution is 2.00. The number of carbonyl (C=O) groups excluding carboxylic acids is 1. The summed E-state index contributed by atoms with van der Waals surface area (Å²) >= 11 is 1.42. The molecule has 2 atom stereocenters. The smallest absolute Gasteiger partial charge is 0.325 e. The molecule has 10 heteroatoms. The topological polar surface area (TPSA) is 132 Å². The van der Waals surface area contributed by atoms with Gasteiger partial charge in [0.25, 0.3) is 5.56 Å². The molecule has 0 bridgehead atoms. The van der Waals surface area contributed by atoms with E-state index in [1.807, 2.05) is 6.26 Å². The van der Waals surface area contributed by atoms with Crippen molar-refractivity contribution in [3.05, 3.63) is 38.2 Å². The van der Waals surface area contributed by atoms with Crippen LogP contribution in [0.15, 0.2) is 15.7 Å². The molecule has 0 aliphatic heterocycles. The van der Waals surface area contributed by atoms with Crippen molar-refractivity contribution in [3.63, 3.8) is 0 Å². The molecule has 1 aromatic heterocycles. The molecule has 128 valence electrons. The molecule has 0 saturated carbocycles. The molecule has 1 heterocycles. The molecule has 0 aliphatic carbocycles. The first-order valence-electron chi connectivity index (χ1n) is 6.64. The van der Waals surface area contributed by atoms with E-state index in [4.69, 9.17) is 0 Å². The predicted molar refractivity (Wildman–Crippen MR) is 91.9 cm³/mol. The maximum atomic E-state index is 11.8. The van der Waals surface area contributed by atoms with Gasteiger partial charge in [-0.2, -0.15) is 11.8 Å². The summed E-state index contributed by atoms with van der Waals surface area (Å²) < 4.78 is 11.6. The first kappa shape index (κ1) is 19.4. The molecule has 1 aromatic rings. The predicted octanol–water partition coefficient (Wildman–Crippen LogP) is -1.07. The van der Waals surface area contributed by atoms with Gasteiger partial charge in [0, 0.05) is 28.3 Å². The van der Waals surface area contributed by atoms with Gasteiger partial charge < -0.3 is 15.4 Å². The number of nitrogens with one attached hydrogen (secondary N) is 3. The summed E-state index contributed by atoms with van der Waals surface area (Å²) in [4.78, 5) is 39.0. The van der Waals surface area contributed by atoms with Gasteiger partial charge in [-0.1, -0.05) is 0 Å². The van der Waals surface area contributed by atoms with Gasteiger partial charge in [0.05, 0.1) is 23.3 Å². The third-order valence-corrected chi connectivity index (χ3v) is 5.55. The van der Waals surface area contributed by atoms with E-state index >= 15 is 0 Å². The Morgan fingerprint density at radius 3 is 2.70 bits per heavy atom. The van der Waals surface area contributed by atoms with Gasteiger partial charge in [0.1, 0.15) is 0 Å². The monoisotopic (exact) mass is 361 g/mol. The summed E-state index contributed by atoms with van der Waals surface area (Å²) in [7, 11) is -1.15. The normalized spacial score (nSPS) is 13.9. The van der Waals surface area contributed by atoms with Crippen LogP contribution in [0.25, 0.3) is 6.08 Å². The fraction of sp³-hybridized carbons (Fsp3) is 0.462. The highest BCUT2D eigenvalue weighted by Gasteiger charge is 2.13. The lowest BCUT2D eigenvalue weighted by Gasteiger charge is -2.14. The summed E-state index contributed by atoms with van der Waals surface area (Å²) in [6, 6.07) is -0.630. The second kappa shape index (κ2) is 9.48. The van der Waals surface area contributed by atoms with Crippen LogP contribution in [0.5, 0.6) is 0 Å². The number of aromatic amines is 2. The van der Waals surface area contributed by atoms with E-state index in [1.165, 1.54) is 24.8 Å². The van der Waals surface area contributed by atoms with Gasteiger partial charge in [0.2, 0.25) is 5.91 Å². The molecule has 0 unspecified atom stereocenters. The number of rotatable bonds is 8. The number of hydrogen-bond acceptors (Lipinski definition) is 6. The number of aryl methyl sites for hydroxylation is 1. The number of thioether (sulfide) groups is 1. The minimum atomic E-state index is -1.15. The second-order valence-electron chi connectivity index (χ2n) is 4.68. The van der Waals surface area contributed by atoms with E-state index in [2.05, 4.69) is 15.3 Å². The van der Waals surface area contributed by atoms with E-state index in [0.717, 1.165) is 6.08 Å². The lowest BCUT2D eigenvalue weighted by molar-refractivity contribution is -0.117. The Morgan fingerprint density at radius 1 is 1.43 bits per heavy atom. The molecule has 1 amide bonds. The molecule has 0 aliphatic rings. The maximum absolute atomic E-state index is 11.8. The van der Waals surface area contributed by atoms with Crippen molar-refractivity contribution in [1.29, 1.82) is 0 Å². The van der Waals surface area contributed by atoms with Crippen LogP contribution in [0.2, 0.25) is 0 Å². The Hall–Kier alpha value is -1.65. The molecular formula is C13H19N3O5S2. The summed E-state index contributed by atoms with van der Waals surface area (Å²) in [6.07, 6.45) is 4.21. The second-order valence-corrected chi connectivity index (χ2v) is 7.41. The average Bonchev–Trinajstić information content (AvgIpc) is 2.45. The molecular weight excluding hydrogens is 342 g/mol. The van der Waals surface area contributed by atoms with Crippen molar-refractivity contribution in [1.82, 2.24) is 15.3 Å². The molecule has 4 N–H and O–H groups in total. The molecule has 0 radical (unpaired) electrons. The van der Waals surface area contributed by atoms with Gasteiger partial charge in [-0.15, -0.1) is 0 Å². The standard InChI is InChI=1S/C13H19N3O5S2/c1-8-10(12(19)16-13(20)14-8)3-4-11(18)15-9(5-17)6-23(21)7-22-2/h3-4,9,17H,5-7H2,1-2H3,(H,15,18)(H2,14,16,19,20)/b4-3+/t9-,23-/m0/s1. The van der Waals surface area contributed by atoms with Crippen molar-refractivity contribution in [3.8, 4) is 0 Å². The van der Waals surface area contributed by atoms with Gasteiger partial charge >= 0.3 is 5.69 Å². The van der Waals surface area contributed by atoms with Gasteiger partial charge in [-0.3, -0.25) is 18.8 Å². The van der Waals surface area contributed by atoms with Gasteiger partial charge in [0.15, 0.2) is 0 Å². The number of aromatic nitrogens is 2. The first-order valence-corrected chi connectivity index (χ1v) is 9.52. The maximum Gasteiger partial charge on any atom is 0.325 e. The summed E-state index contributed by atoms with van der Waals surface area (Å²) in [5.41, 5.74) is -0.727. The third kappa shape index (κ3) is 6.55. The first-order chi connectivity index (χ1) is 10.9. The molecule has 0 saturated heterocycles. The van der Waals surface area contributed by atoms with Crippen LogP contribution in [-0.2, 0) is 15.6 Å². The Balaban J connectivity index is 2.74.